The molecule has 6 nitrogen and oxygen atoms in total. The Kier molecular flexibility index (Phi) is 4.68. The molecule has 0 saturated heterocycles. The normalized spacial score (nSPS) is 11.8. The lowest BCUT2D eigenvalue weighted by molar-refractivity contribution is 0.00690. The third-order valence-corrected chi connectivity index (χ3v) is 4.58. The highest BCUT2D eigenvalue weighted by Crippen LogP contribution is 2.32. The van der Waals surface area contributed by atoms with Crippen molar-refractivity contribution in [1.29, 1.82) is 0 Å². The van der Waals surface area contributed by atoms with Gasteiger partial charge in [0.25, 0.3) is 5.89 Å². The molecule has 0 fully saturated rings. The molecule has 0 aliphatic rings. The first-order chi connectivity index (χ1) is 14.1. The van der Waals surface area contributed by atoms with Crippen LogP contribution in [0.2, 0.25) is 0 Å². The summed E-state index contributed by atoms with van der Waals surface area (Å²) >= 11 is 0. The SMILES string of the molecule is Cc1ccc(C)c2oc(-c3noc(-c4ccc(C(=O)OC(C)(C)C)cc4F)n3)cc12. The number of carbonyl (C=O) groups is 1. The van der Waals surface area contributed by atoms with Crippen LogP contribution in [-0.4, -0.2) is 21.7 Å². The average Bonchev–Trinajstić information content (AvgIpc) is 3.31. The van der Waals surface area contributed by atoms with Crippen LogP contribution in [0.1, 0.15) is 42.3 Å². The highest BCUT2D eigenvalue weighted by molar-refractivity contribution is 5.90. The maximum atomic E-state index is 14.7. The van der Waals surface area contributed by atoms with Gasteiger partial charge in [0.1, 0.15) is 17.0 Å². The predicted molar refractivity (Wildman–Crippen MR) is 110 cm³/mol. The van der Waals surface area contributed by atoms with Gasteiger partial charge in [-0.2, -0.15) is 4.98 Å². The minimum Gasteiger partial charge on any atom is -0.456 e. The van der Waals surface area contributed by atoms with Gasteiger partial charge >= 0.3 is 5.97 Å². The molecular weight excluding hydrogens is 387 g/mol. The van der Waals surface area contributed by atoms with Crippen molar-refractivity contribution < 1.29 is 22.9 Å². The fourth-order valence-electron chi connectivity index (χ4n) is 3.09. The van der Waals surface area contributed by atoms with E-state index in [2.05, 4.69) is 10.1 Å². The quantitative estimate of drug-likeness (QED) is 0.395. The molecule has 4 aromatic rings. The number of fused-ring (bicyclic) bond motifs is 1. The van der Waals surface area contributed by atoms with E-state index in [-0.39, 0.29) is 22.8 Å². The van der Waals surface area contributed by atoms with E-state index in [1.165, 1.54) is 12.1 Å². The highest BCUT2D eigenvalue weighted by Gasteiger charge is 2.22. The molecule has 0 bridgehead atoms. The fraction of sp³-hybridized carbons (Fsp3) is 0.261. The summed E-state index contributed by atoms with van der Waals surface area (Å²) in [5, 5.41) is 4.89. The molecule has 2 aromatic carbocycles. The molecule has 30 heavy (non-hydrogen) atoms. The molecule has 0 aliphatic heterocycles. The molecule has 0 unspecified atom stereocenters. The summed E-state index contributed by atoms with van der Waals surface area (Å²) in [4.78, 5) is 16.4. The molecule has 2 heterocycles. The Hall–Kier alpha value is -3.48. The Morgan fingerprint density at radius 2 is 1.80 bits per heavy atom. The number of halogens is 1. The third-order valence-electron chi connectivity index (χ3n) is 4.58. The van der Waals surface area contributed by atoms with Gasteiger partial charge in [0.2, 0.25) is 5.82 Å². The van der Waals surface area contributed by atoms with E-state index in [0.717, 1.165) is 28.2 Å². The number of hydrogen-bond acceptors (Lipinski definition) is 6. The number of aromatic nitrogens is 2. The Labute approximate surface area is 172 Å². The number of carbonyl (C=O) groups excluding carboxylic acids is 1. The maximum absolute atomic E-state index is 14.7. The van der Waals surface area contributed by atoms with Crippen LogP contribution in [0.4, 0.5) is 4.39 Å². The van der Waals surface area contributed by atoms with Crippen LogP contribution in [0.3, 0.4) is 0 Å². The summed E-state index contributed by atoms with van der Waals surface area (Å²) in [5.41, 5.74) is 2.34. The third kappa shape index (κ3) is 3.70. The van der Waals surface area contributed by atoms with Gasteiger partial charge in [-0.25, -0.2) is 9.18 Å². The first-order valence-electron chi connectivity index (χ1n) is 9.49. The van der Waals surface area contributed by atoms with E-state index in [9.17, 15) is 9.18 Å². The van der Waals surface area contributed by atoms with Crippen molar-refractivity contribution in [3.63, 3.8) is 0 Å². The number of nitrogens with zero attached hydrogens (tertiary/aromatic N) is 2. The first-order valence-corrected chi connectivity index (χ1v) is 9.49. The van der Waals surface area contributed by atoms with Crippen molar-refractivity contribution in [1.82, 2.24) is 10.1 Å². The van der Waals surface area contributed by atoms with Crippen LogP contribution in [0, 0.1) is 19.7 Å². The number of furan rings is 1. The standard InChI is InChI=1S/C23H21FN2O4/c1-12-6-7-13(2)19-16(12)11-18(28-19)20-25-21(30-26-20)15-9-8-14(10-17(15)24)22(27)29-23(3,4)5/h6-11H,1-5H3. The number of benzene rings is 2. The molecule has 0 aliphatic carbocycles. The molecule has 0 atom stereocenters. The fourth-order valence-corrected chi connectivity index (χ4v) is 3.09. The van der Waals surface area contributed by atoms with Crippen LogP contribution in [0.5, 0.6) is 0 Å². The number of rotatable bonds is 3. The number of esters is 1. The molecule has 0 amide bonds. The zero-order valence-corrected chi connectivity index (χ0v) is 17.4. The average molecular weight is 408 g/mol. The van der Waals surface area contributed by atoms with Crippen molar-refractivity contribution in [2.75, 3.05) is 0 Å². The Morgan fingerprint density at radius 3 is 2.47 bits per heavy atom. The summed E-state index contributed by atoms with van der Waals surface area (Å²) < 4.78 is 31.1. The van der Waals surface area contributed by atoms with Crippen molar-refractivity contribution in [3.8, 4) is 23.0 Å². The van der Waals surface area contributed by atoms with Crippen LogP contribution in [0.15, 0.2) is 45.3 Å². The van der Waals surface area contributed by atoms with E-state index in [1.807, 2.05) is 32.0 Å². The van der Waals surface area contributed by atoms with Gasteiger partial charge < -0.3 is 13.7 Å². The summed E-state index contributed by atoms with van der Waals surface area (Å²) in [6.07, 6.45) is 0. The summed E-state index contributed by atoms with van der Waals surface area (Å²) in [6, 6.07) is 9.81. The Balaban J connectivity index is 1.65. The summed E-state index contributed by atoms with van der Waals surface area (Å²) in [6.45, 7) is 9.19. The highest BCUT2D eigenvalue weighted by atomic mass is 19.1. The van der Waals surface area contributed by atoms with E-state index in [0.29, 0.717) is 5.76 Å². The molecule has 2 aromatic heterocycles. The maximum Gasteiger partial charge on any atom is 0.338 e. The molecule has 4 rings (SSSR count). The first kappa shape index (κ1) is 19.8. The Morgan fingerprint density at radius 1 is 1.07 bits per heavy atom. The molecule has 0 N–H and O–H groups in total. The lowest BCUT2D eigenvalue weighted by Crippen LogP contribution is -2.23. The predicted octanol–water partition coefficient (Wildman–Crippen LogP) is 5.86. The Bertz CT molecular complexity index is 1230. The van der Waals surface area contributed by atoms with Gasteiger partial charge in [0, 0.05) is 5.39 Å². The minimum atomic E-state index is -0.670. The molecule has 7 heteroatoms. The van der Waals surface area contributed by atoms with Gasteiger partial charge in [0.15, 0.2) is 5.76 Å². The van der Waals surface area contributed by atoms with Gasteiger partial charge in [-0.15, -0.1) is 0 Å². The van der Waals surface area contributed by atoms with E-state index >= 15 is 0 Å². The van der Waals surface area contributed by atoms with Gasteiger partial charge in [-0.05, 0) is 70.0 Å². The van der Waals surface area contributed by atoms with Crippen LogP contribution in [-0.2, 0) is 4.74 Å². The largest absolute Gasteiger partial charge is 0.456 e. The second kappa shape index (κ2) is 7.09. The smallest absolute Gasteiger partial charge is 0.338 e. The number of hydrogen-bond donors (Lipinski definition) is 0. The topological polar surface area (TPSA) is 78.4 Å². The lowest BCUT2D eigenvalue weighted by atomic mass is 10.1. The van der Waals surface area contributed by atoms with Crippen molar-refractivity contribution >= 4 is 16.9 Å². The second-order valence-electron chi connectivity index (χ2n) is 8.17. The van der Waals surface area contributed by atoms with E-state index < -0.39 is 17.4 Å². The molecule has 154 valence electrons. The number of aryl methyl sites for hydroxylation is 2. The van der Waals surface area contributed by atoms with Crippen molar-refractivity contribution in [2.45, 2.75) is 40.2 Å². The van der Waals surface area contributed by atoms with Crippen LogP contribution < -0.4 is 0 Å². The van der Waals surface area contributed by atoms with Gasteiger partial charge in [-0.1, -0.05) is 17.3 Å². The van der Waals surface area contributed by atoms with Crippen LogP contribution >= 0.6 is 0 Å². The van der Waals surface area contributed by atoms with Crippen molar-refractivity contribution in [3.05, 3.63) is 58.9 Å². The number of ether oxygens (including phenoxy) is 1. The zero-order chi connectivity index (χ0) is 21.6. The second-order valence-corrected chi connectivity index (χ2v) is 8.17. The molecule has 0 radical (unpaired) electrons. The van der Waals surface area contributed by atoms with Gasteiger partial charge in [-0.3, -0.25) is 0 Å². The zero-order valence-electron chi connectivity index (χ0n) is 17.4. The van der Waals surface area contributed by atoms with Crippen molar-refractivity contribution in [2.24, 2.45) is 0 Å². The lowest BCUT2D eigenvalue weighted by Gasteiger charge is -2.19. The molecular formula is C23H21FN2O4. The molecule has 0 saturated carbocycles. The van der Waals surface area contributed by atoms with Crippen LogP contribution in [0.25, 0.3) is 34.0 Å². The minimum absolute atomic E-state index is 0.00728. The molecule has 0 spiro atoms. The summed E-state index contributed by atoms with van der Waals surface area (Å²) in [5.74, 6) is -0.622. The van der Waals surface area contributed by atoms with E-state index in [1.54, 1.807) is 20.8 Å². The van der Waals surface area contributed by atoms with Gasteiger partial charge in [0.05, 0.1) is 11.1 Å². The summed E-state index contributed by atoms with van der Waals surface area (Å²) in [7, 11) is 0. The van der Waals surface area contributed by atoms with E-state index in [4.69, 9.17) is 13.7 Å². The monoisotopic (exact) mass is 408 g/mol.